The molecule has 3 aromatic carbocycles. The van der Waals surface area contributed by atoms with Crippen molar-refractivity contribution in [1.29, 1.82) is 0 Å². The van der Waals surface area contributed by atoms with E-state index in [2.05, 4.69) is 0 Å². The van der Waals surface area contributed by atoms with E-state index in [1.165, 1.54) is 18.2 Å². The number of halogens is 2. The van der Waals surface area contributed by atoms with Gasteiger partial charge in [-0.1, -0.05) is 53.5 Å². The average molecular weight is 444 g/mol. The zero-order chi connectivity index (χ0) is 21.3. The van der Waals surface area contributed by atoms with E-state index in [0.717, 1.165) is 16.7 Å². The van der Waals surface area contributed by atoms with E-state index in [-0.39, 0.29) is 32.3 Å². The smallest absolute Gasteiger partial charge is 0.249 e. The first kappa shape index (κ1) is 21.4. The highest BCUT2D eigenvalue weighted by Crippen LogP contribution is 2.35. The highest BCUT2D eigenvalue weighted by molar-refractivity contribution is 7.71. The molecule has 3 nitrogen and oxygen atoms in total. The lowest BCUT2D eigenvalue weighted by Gasteiger charge is -2.14. The minimum Gasteiger partial charge on any atom is -0.289 e. The van der Waals surface area contributed by atoms with E-state index in [1.807, 2.05) is 32.9 Å². The van der Waals surface area contributed by atoms with Crippen LogP contribution in [0.5, 0.6) is 0 Å². The minimum absolute atomic E-state index is 0.00196. The molecule has 0 spiro atoms. The van der Waals surface area contributed by atoms with Crippen LogP contribution in [0.4, 0.5) is 0 Å². The largest absolute Gasteiger partial charge is 0.289 e. The fraction of sp³-hybridized carbons (Fsp3) is 0.130. The number of aryl methyl sites for hydroxylation is 2. The Hall–Kier alpha value is -2.32. The molecule has 6 heteroatoms. The van der Waals surface area contributed by atoms with Gasteiger partial charge in [-0.2, -0.15) is 0 Å². The first-order chi connectivity index (χ1) is 13.7. The average Bonchev–Trinajstić information content (AvgIpc) is 2.70. The van der Waals surface area contributed by atoms with E-state index >= 15 is 0 Å². The van der Waals surface area contributed by atoms with Crippen LogP contribution in [0.2, 0.25) is 10.0 Å². The molecule has 3 rings (SSSR count). The van der Waals surface area contributed by atoms with Crippen LogP contribution in [0.15, 0.2) is 54.6 Å². The van der Waals surface area contributed by atoms with E-state index in [0.29, 0.717) is 5.56 Å². The second-order valence-electron chi connectivity index (χ2n) is 6.74. The summed E-state index contributed by atoms with van der Waals surface area (Å²) in [5.74, 6) is -0.263. The molecule has 0 saturated heterocycles. The number of benzene rings is 3. The van der Waals surface area contributed by atoms with Gasteiger partial charge >= 0.3 is 0 Å². The Labute approximate surface area is 180 Å². The Morgan fingerprint density at radius 1 is 0.759 bits per heavy atom. The van der Waals surface area contributed by atoms with E-state index in [1.54, 1.807) is 24.3 Å². The van der Waals surface area contributed by atoms with E-state index < -0.39 is 13.3 Å². The second-order valence-corrected chi connectivity index (χ2v) is 9.03. The molecule has 0 aromatic heterocycles. The molecular weight excluding hydrogens is 426 g/mol. The molecule has 0 N–H and O–H groups in total. The summed E-state index contributed by atoms with van der Waals surface area (Å²) in [5, 5.41) is 0.425. The Morgan fingerprint density at radius 3 is 2.00 bits per heavy atom. The summed E-state index contributed by atoms with van der Waals surface area (Å²) in [6.45, 7) is 5.67. The number of rotatable bonds is 5. The number of hydrogen-bond acceptors (Lipinski definition) is 3. The molecule has 1 unspecified atom stereocenters. The normalized spacial score (nSPS) is 11.3. The van der Waals surface area contributed by atoms with Gasteiger partial charge < -0.3 is 0 Å². The van der Waals surface area contributed by atoms with Crippen molar-refractivity contribution in [2.24, 2.45) is 0 Å². The highest BCUT2D eigenvalue weighted by Gasteiger charge is 2.27. The van der Waals surface area contributed by atoms with Gasteiger partial charge in [-0.05, 0) is 61.7 Å². The Morgan fingerprint density at radius 2 is 1.34 bits per heavy atom. The molecule has 29 heavy (non-hydrogen) atoms. The molecule has 0 bridgehead atoms. The maximum Gasteiger partial charge on any atom is 0.249 e. The van der Waals surface area contributed by atoms with Crippen LogP contribution in [0.1, 0.15) is 43.0 Å². The first-order valence-corrected chi connectivity index (χ1v) is 10.9. The topological polar surface area (TPSA) is 51.2 Å². The van der Waals surface area contributed by atoms with Crippen LogP contribution in [0.25, 0.3) is 0 Å². The van der Waals surface area contributed by atoms with Crippen molar-refractivity contribution in [1.82, 2.24) is 0 Å². The molecular formula is C23H18Cl2O3P. The minimum atomic E-state index is -2.59. The molecule has 147 valence electrons. The number of carbonyl (C=O) groups excluding carboxylic acids is 2. The molecule has 0 amide bonds. The Bertz CT molecular complexity index is 1150. The molecule has 0 saturated carbocycles. The highest BCUT2D eigenvalue weighted by atomic mass is 35.5. The van der Waals surface area contributed by atoms with E-state index in [4.69, 9.17) is 23.2 Å². The van der Waals surface area contributed by atoms with Crippen LogP contribution < -0.4 is 5.30 Å². The van der Waals surface area contributed by atoms with Crippen molar-refractivity contribution in [3.63, 3.8) is 0 Å². The van der Waals surface area contributed by atoms with Gasteiger partial charge in [-0.3, -0.25) is 14.2 Å². The third-order valence-electron chi connectivity index (χ3n) is 4.90. The molecule has 0 heterocycles. The molecule has 0 fully saturated rings. The Balaban J connectivity index is 2.11. The van der Waals surface area contributed by atoms with Crippen LogP contribution in [0.3, 0.4) is 0 Å². The van der Waals surface area contributed by atoms with Crippen LogP contribution in [0, 0.1) is 20.8 Å². The van der Waals surface area contributed by atoms with Gasteiger partial charge in [0.05, 0.1) is 20.9 Å². The van der Waals surface area contributed by atoms with Crippen LogP contribution in [-0.4, -0.2) is 11.3 Å². The van der Waals surface area contributed by atoms with Crippen molar-refractivity contribution in [2.45, 2.75) is 20.8 Å². The number of hydrogen-bond donors (Lipinski definition) is 0. The molecule has 0 aliphatic carbocycles. The van der Waals surface area contributed by atoms with Gasteiger partial charge in [0.15, 0.2) is 13.6 Å². The summed E-state index contributed by atoms with van der Waals surface area (Å²) in [7, 11) is -2.59. The lowest BCUT2D eigenvalue weighted by atomic mass is 9.92. The van der Waals surface area contributed by atoms with Crippen molar-refractivity contribution in [2.75, 3.05) is 0 Å². The first-order valence-electron chi connectivity index (χ1n) is 8.90. The maximum absolute atomic E-state index is 13.4. The third kappa shape index (κ3) is 4.04. The lowest BCUT2D eigenvalue weighted by molar-refractivity contribution is 0.103. The molecule has 1 radical (unpaired) electrons. The van der Waals surface area contributed by atoms with Crippen LogP contribution in [-0.2, 0) is 4.57 Å². The second kappa shape index (κ2) is 8.59. The van der Waals surface area contributed by atoms with Crippen molar-refractivity contribution >= 4 is 47.6 Å². The summed E-state index contributed by atoms with van der Waals surface area (Å²) >= 11 is 12.2. The van der Waals surface area contributed by atoms with Crippen molar-refractivity contribution in [3.8, 4) is 0 Å². The van der Waals surface area contributed by atoms with Gasteiger partial charge in [-0.25, -0.2) is 0 Å². The summed E-state index contributed by atoms with van der Waals surface area (Å²) in [5.41, 5.74) is 2.77. The van der Waals surface area contributed by atoms with Crippen molar-refractivity contribution in [3.05, 3.63) is 98.0 Å². The standard InChI is InChI=1S/C23H18Cl2O3P/c1-13-11-12-14(2)20(15(13)3)22(26)16-7-4-5-10-19(16)29(28)23(27)21-17(24)8-6-9-18(21)25/h4-12H,1-3H3. The summed E-state index contributed by atoms with van der Waals surface area (Å²) < 4.78 is 13.2. The van der Waals surface area contributed by atoms with Gasteiger partial charge in [0.1, 0.15) is 0 Å². The number of carbonyl (C=O) groups is 2. The molecule has 0 aliphatic heterocycles. The summed E-state index contributed by atoms with van der Waals surface area (Å²) in [6.07, 6.45) is 0. The van der Waals surface area contributed by atoms with Crippen LogP contribution >= 0.6 is 31.0 Å². The predicted octanol–water partition coefficient (Wildman–Crippen LogP) is 6.44. The summed E-state index contributed by atoms with van der Waals surface area (Å²) in [6, 6.07) is 14.9. The fourth-order valence-electron chi connectivity index (χ4n) is 3.19. The lowest BCUT2D eigenvalue weighted by Crippen LogP contribution is -2.18. The monoisotopic (exact) mass is 443 g/mol. The zero-order valence-electron chi connectivity index (χ0n) is 16.1. The predicted molar refractivity (Wildman–Crippen MR) is 119 cm³/mol. The quantitative estimate of drug-likeness (QED) is 0.336. The van der Waals surface area contributed by atoms with Gasteiger partial charge in [-0.15, -0.1) is 0 Å². The molecule has 1 atom stereocenters. The van der Waals surface area contributed by atoms with Gasteiger partial charge in [0.25, 0.3) is 0 Å². The van der Waals surface area contributed by atoms with Gasteiger partial charge in [0, 0.05) is 11.1 Å². The summed E-state index contributed by atoms with van der Waals surface area (Å²) in [4.78, 5) is 26.3. The molecule has 0 aliphatic rings. The zero-order valence-corrected chi connectivity index (χ0v) is 18.5. The Kier molecular flexibility index (Phi) is 6.33. The fourth-order valence-corrected chi connectivity index (χ4v) is 5.17. The van der Waals surface area contributed by atoms with Crippen molar-refractivity contribution < 1.29 is 14.2 Å². The molecule has 3 aromatic rings. The third-order valence-corrected chi connectivity index (χ3v) is 6.95. The van der Waals surface area contributed by atoms with E-state index in [9.17, 15) is 14.2 Å². The van der Waals surface area contributed by atoms with Gasteiger partial charge in [0.2, 0.25) is 5.52 Å². The number of ketones is 1. The maximum atomic E-state index is 13.4. The SMILES string of the molecule is Cc1ccc(C)c(C(=O)c2ccccc2[P](=O)C(=O)c2c(Cl)cccc2Cl)c1C.